The van der Waals surface area contributed by atoms with Crippen LogP contribution in [-0.4, -0.2) is 15.1 Å². The molecule has 0 amide bonds. The van der Waals surface area contributed by atoms with Crippen LogP contribution in [0.2, 0.25) is 0 Å². The average molecular weight is 304 g/mol. The fraction of sp³-hybridized carbons (Fsp3) is 0.0588. The highest BCUT2D eigenvalue weighted by Crippen LogP contribution is 2.25. The van der Waals surface area contributed by atoms with E-state index in [-0.39, 0.29) is 5.69 Å². The highest BCUT2D eigenvalue weighted by Gasteiger charge is 2.09. The van der Waals surface area contributed by atoms with Crippen molar-refractivity contribution in [2.45, 2.75) is 6.92 Å². The van der Waals surface area contributed by atoms with Crippen LogP contribution in [0, 0.1) is 28.4 Å². The first-order valence-corrected chi connectivity index (χ1v) is 6.90. The van der Waals surface area contributed by atoms with Crippen LogP contribution in [0.3, 0.4) is 0 Å². The lowest BCUT2D eigenvalue weighted by Crippen LogP contribution is -1.87. The molecule has 6 nitrogen and oxygen atoms in total. The number of nitro groups is 1. The standard InChI is InChI=1S/C17H12N4O2/c1-11-13(10-18)6-8-16-17(11)15(19-20-16)7-5-12-3-2-4-14(9-12)21(22)23/h2-9H,1H3,(H,19,20). The van der Waals surface area contributed by atoms with Crippen molar-refractivity contribution >= 4 is 28.7 Å². The van der Waals surface area contributed by atoms with Gasteiger partial charge < -0.3 is 0 Å². The van der Waals surface area contributed by atoms with E-state index >= 15 is 0 Å². The summed E-state index contributed by atoms with van der Waals surface area (Å²) >= 11 is 0. The number of hydrogen-bond acceptors (Lipinski definition) is 4. The van der Waals surface area contributed by atoms with Crippen LogP contribution in [0.1, 0.15) is 22.4 Å². The Morgan fingerprint density at radius 2 is 2.13 bits per heavy atom. The minimum atomic E-state index is -0.426. The van der Waals surface area contributed by atoms with Gasteiger partial charge >= 0.3 is 0 Å². The van der Waals surface area contributed by atoms with Crippen LogP contribution in [0.25, 0.3) is 23.1 Å². The van der Waals surface area contributed by atoms with Gasteiger partial charge in [0.2, 0.25) is 0 Å². The first-order valence-electron chi connectivity index (χ1n) is 6.90. The van der Waals surface area contributed by atoms with Crippen molar-refractivity contribution in [3.05, 3.63) is 68.9 Å². The Kier molecular flexibility index (Phi) is 3.61. The minimum absolute atomic E-state index is 0.0435. The van der Waals surface area contributed by atoms with Gasteiger partial charge in [0.05, 0.1) is 27.8 Å². The lowest BCUT2D eigenvalue weighted by Gasteiger charge is -1.99. The number of H-pyrrole nitrogens is 1. The maximum absolute atomic E-state index is 10.8. The molecule has 112 valence electrons. The SMILES string of the molecule is Cc1c(C#N)ccc2[nH]nc(C=Cc3cccc([N+](=O)[O-])c3)c12. The molecule has 0 fully saturated rings. The number of aryl methyl sites for hydroxylation is 1. The zero-order chi connectivity index (χ0) is 16.4. The van der Waals surface area contributed by atoms with E-state index in [2.05, 4.69) is 16.3 Å². The normalized spacial score (nSPS) is 11.0. The van der Waals surface area contributed by atoms with Crippen molar-refractivity contribution < 1.29 is 4.92 Å². The van der Waals surface area contributed by atoms with Gasteiger partial charge in [-0.3, -0.25) is 15.2 Å². The van der Waals surface area contributed by atoms with Gasteiger partial charge in [-0.15, -0.1) is 0 Å². The van der Waals surface area contributed by atoms with Crippen molar-refractivity contribution in [2.75, 3.05) is 0 Å². The van der Waals surface area contributed by atoms with E-state index < -0.39 is 4.92 Å². The smallest absolute Gasteiger partial charge is 0.270 e. The third-order valence-corrected chi connectivity index (χ3v) is 3.65. The van der Waals surface area contributed by atoms with Crippen LogP contribution in [0.15, 0.2) is 36.4 Å². The van der Waals surface area contributed by atoms with E-state index in [0.717, 1.165) is 16.5 Å². The molecule has 0 saturated carbocycles. The van der Waals surface area contributed by atoms with Crippen molar-refractivity contribution in [1.29, 1.82) is 5.26 Å². The first kappa shape index (κ1) is 14.5. The molecule has 0 aliphatic heterocycles. The number of benzene rings is 2. The second-order valence-corrected chi connectivity index (χ2v) is 5.07. The van der Waals surface area contributed by atoms with Gasteiger partial charge in [-0.25, -0.2) is 0 Å². The predicted octanol–water partition coefficient (Wildman–Crippen LogP) is 3.82. The van der Waals surface area contributed by atoms with Crippen LogP contribution >= 0.6 is 0 Å². The summed E-state index contributed by atoms with van der Waals surface area (Å²) in [7, 11) is 0. The number of nitriles is 1. The first-order chi connectivity index (χ1) is 11.1. The van der Waals surface area contributed by atoms with Gasteiger partial charge in [0, 0.05) is 17.5 Å². The Balaban J connectivity index is 2.03. The molecular formula is C17H12N4O2. The summed E-state index contributed by atoms with van der Waals surface area (Å²) in [6.07, 6.45) is 3.55. The number of rotatable bonds is 3. The monoisotopic (exact) mass is 304 g/mol. The van der Waals surface area contributed by atoms with Crippen molar-refractivity contribution in [3.63, 3.8) is 0 Å². The predicted molar refractivity (Wildman–Crippen MR) is 87.6 cm³/mol. The summed E-state index contributed by atoms with van der Waals surface area (Å²) in [5.41, 5.74) is 3.76. The molecular weight excluding hydrogens is 292 g/mol. The van der Waals surface area contributed by atoms with E-state index in [9.17, 15) is 10.1 Å². The third-order valence-electron chi connectivity index (χ3n) is 3.65. The summed E-state index contributed by atoms with van der Waals surface area (Å²) in [5.74, 6) is 0. The molecule has 0 radical (unpaired) electrons. The highest BCUT2D eigenvalue weighted by molar-refractivity contribution is 5.93. The molecule has 0 atom stereocenters. The van der Waals surface area contributed by atoms with E-state index in [4.69, 9.17) is 5.26 Å². The van der Waals surface area contributed by atoms with Crippen LogP contribution in [-0.2, 0) is 0 Å². The number of aromatic amines is 1. The van der Waals surface area contributed by atoms with E-state index in [0.29, 0.717) is 16.8 Å². The summed E-state index contributed by atoms with van der Waals surface area (Å²) in [6.45, 7) is 1.88. The lowest BCUT2D eigenvalue weighted by atomic mass is 10.0. The van der Waals surface area contributed by atoms with E-state index in [1.54, 1.807) is 30.4 Å². The number of nitrogens with zero attached hydrogens (tertiary/aromatic N) is 3. The molecule has 23 heavy (non-hydrogen) atoms. The maximum atomic E-state index is 10.8. The molecule has 6 heteroatoms. The Morgan fingerprint density at radius 3 is 2.87 bits per heavy atom. The maximum Gasteiger partial charge on any atom is 0.270 e. The summed E-state index contributed by atoms with van der Waals surface area (Å²) in [6, 6.07) is 12.1. The third kappa shape index (κ3) is 2.68. The number of hydrogen-bond donors (Lipinski definition) is 1. The second-order valence-electron chi connectivity index (χ2n) is 5.07. The molecule has 0 spiro atoms. The quantitative estimate of drug-likeness (QED) is 0.587. The average Bonchev–Trinajstić information content (AvgIpc) is 2.97. The lowest BCUT2D eigenvalue weighted by molar-refractivity contribution is -0.384. The Bertz CT molecular complexity index is 980. The van der Waals surface area contributed by atoms with Gasteiger partial charge in [0.15, 0.2) is 0 Å². The highest BCUT2D eigenvalue weighted by atomic mass is 16.6. The molecule has 3 rings (SSSR count). The Hall–Kier alpha value is -3.46. The van der Waals surface area contributed by atoms with Crippen LogP contribution in [0.5, 0.6) is 0 Å². The number of nitro benzene ring substituents is 1. The van der Waals surface area contributed by atoms with Gasteiger partial charge in [-0.05, 0) is 36.3 Å². The number of fused-ring (bicyclic) bond motifs is 1. The molecule has 1 heterocycles. The molecule has 0 aliphatic carbocycles. The molecule has 1 aromatic heterocycles. The van der Waals surface area contributed by atoms with Gasteiger partial charge in [-0.2, -0.15) is 10.4 Å². The summed E-state index contributed by atoms with van der Waals surface area (Å²) in [4.78, 5) is 10.4. The van der Waals surface area contributed by atoms with Crippen molar-refractivity contribution in [2.24, 2.45) is 0 Å². The van der Waals surface area contributed by atoms with E-state index in [1.165, 1.54) is 12.1 Å². The van der Waals surface area contributed by atoms with Crippen molar-refractivity contribution in [3.8, 4) is 6.07 Å². The van der Waals surface area contributed by atoms with Gasteiger partial charge in [0.25, 0.3) is 5.69 Å². The number of nitrogens with one attached hydrogen (secondary N) is 1. The molecule has 0 saturated heterocycles. The Labute approximate surface area is 131 Å². The van der Waals surface area contributed by atoms with E-state index in [1.807, 2.05) is 13.0 Å². The topological polar surface area (TPSA) is 95.6 Å². The fourth-order valence-electron chi connectivity index (χ4n) is 2.47. The number of aromatic nitrogens is 2. The minimum Gasteiger partial charge on any atom is -0.277 e. The Morgan fingerprint density at radius 1 is 1.30 bits per heavy atom. The molecule has 1 N–H and O–H groups in total. The zero-order valence-electron chi connectivity index (χ0n) is 12.3. The molecule has 2 aromatic carbocycles. The summed E-state index contributed by atoms with van der Waals surface area (Å²) < 4.78 is 0. The van der Waals surface area contributed by atoms with Gasteiger partial charge in [-0.1, -0.05) is 18.2 Å². The van der Waals surface area contributed by atoms with Crippen molar-refractivity contribution in [1.82, 2.24) is 10.2 Å². The largest absolute Gasteiger partial charge is 0.277 e. The molecule has 0 unspecified atom stereocenters. The van der Waals surface area contributed by atoms with Crippen LogP contribution < -0.4 is 0 Å². The molecule has 3 aromatic rings. The summed E-state index contributed by atoms with van der Waals surface area (Å²) in [5, 5.41) is 28.0. The zero-order valence-corrected chi connectivity index (χ0v) is 12.3. The van der Waals surface area contributed by atoms with Gasteiger partial charge in [0.1, 0.15) is 0 Å². The second kappa shape index (κ2) is 5.73. The van der Waals surface area contributed by atoms with Crippen LogP contribution in [0.4, 0.5) is 5.69 Å². The fourth-order valence-corrected chi connectivity index (χ4v) is 2.47. The molecule has 0 bridgehead atoms. The molecule has 0 aliphatic rings. The number of non-ortho nitro benzene ring substituents is 1.